The van der Waals surface area contributed by atoms with Gasteiger partial charge in [-0.3, -0.25) is 0 Å². The number of thioether (sulfide) groups is 1. The summed E-state index contributed by atoms with van der Waals surface area (Å²) in [5.74, 6) is 1.75. The molecule has 4 nitrogen and oxygen atoms in total. The van der Waals surface area contributed by atoms with E-state index in [1.807, 2.05) is 6.92 Å². The van der Waals surface area contributed by atoms with Crippen LogP contribution >= 0.6 is 11.8 Å². The smallest absolute Gasteiger partial charge is 0.240 e. The molecule has 0 spiro atoms. The van der Waals surface area contributed by atoms with E-state index in [0.29, 0.717) is 11.3 Å². The number of hydrogen-bond acceptors (Lipinski definition) is 4. The molecule has 0 bridgehead atoms. The standard InChI is InChI=1S/C14H23NO3S2/c1-3-19-11-12(2)15-20(17,18)14-8-6-13(7-9-14)5-4-10-16/h6-9,12,15-16H,3-5,10-11H2,1-2H3. The minimum atomic E-state index is -3.44. The van der Waals surface area contributed by atoms with Crippen molar-refractivity contribution in [2.24, 2.45) is 0 Å². The summed E-state index contributed by atoms with van der Waals surface area (Å²) < 4.78 is 27.0. The van der Waals surface area contributed by atoms with Crippen LogP contribution < -0.4 is 4.72 Å². The summed E-state index contributed by atoms with van der Waals surface area (Å²) in [4.78, 5) is 0.290. The van der Waals surface area contributed by atoms with Crippen LogP contribution in [0, 0.1) is 0 Å². The van der Waals surface area contributed by atoms with Crippen LogP contribution in [0.4, 0.5) is 0 Å². The van der Waals surface area contributed by atoms with Gasteiger partial charge in [-0.2, -0.15) is 11.8 Å². The highest BCUT2D eigenvalue weighted by Gasteiger charge is 2.16. The van der Waals surface area contributed by atoms with Crippen molar-refractivity contribution < 1.29 is 13.5 Å². The number of nitrogens with one attached hydrogen (secondary N) is 1. The van der Waals surface area contributed by atoms with Crippen LogP contribution in [0.25, 0.3) is 0 Å². The summed E-state index contributed by atoms with van der Waals surface area (Å²) in [6.45, 7) is 4.07. The third kappa shape index (κ3) is 5.83. The average Bonchev–Trinajstić information content (AvgIpc) is 2.43. The van der Waals surface area contributed by atoms with Gasteiger partial charge >= 0.3 is 0 Å². The molecule has 0 aliphatic carbocycles. The lowest BCUT2D eigenvalue weighted by atomic mass is 10.1. The van der Waals surface area contributed by atoms with Crippen molar-refractivity contribution in [2.75, 3.05) is 18.1 Å². The molecule has 0 aliphatic rings. The minimum absolute atomic E-state index is 0.0842. The van der Waals surface area contributed by atoms with Crippen molar-refractivity contribution in [3.8, 4) is 0 Å². The van der Waals surface area contributed by atoms with E-state index in [9.17, 15) is 8.42 Å². The highest BCUT2D eigenvalue weighted by atomic mass is 32.2. The van der Waals surface area contributed by atoms with E-state index >= 15 is 0 Å². The van der Waals surface area contributed by atoms with Gasteiger partial charge in [0.1, 0.15) is 0 Å². The van der Waals surface area contributed by atoms with E-state index in [4.69, 9.17) is 5.11 Å². The molecule has 1 unspecified atom stereocenters. The highest BCUT2D eigenvalue weighted by Crippen LogP contribution is 2.13. The Kier molecular flexibility index (Phi) is 7.58. The van der Waals surface area contributed by atoms with Crippen molar-refractivity contribution >= 4 is 21.8 Å². The SMILES string of the molecule is CCSCC(C)NS(=O)(=O)c1ccc(CCCO)cc1. The van der Waals surface area contributed by atoms with Gasteiger partial charge in [-0.05, 0) is 43.2 Å². The van der Waals surface area contributed by atoms with Gasteiger partial charge in [0.05, 0.1) is 4.90 Å². The molecule has 2 N–H and O–H groups in total. The first-order chi connectivity index (χ1) is 9.49. The van der Waals surface area contributed by atoms with Crippen molar-refractivity contribution in [1.29, 1.82) is 0 Å². The molecule has 20 heavy (non-hydrogen) atoms. The number of rotatable bonds is 9. The summed E-state index contributed by atoms with van der Waals surface area (Å²) in [6, 6.07) is 6.76. The number of hydrogen-bond donors (Lipinski definition) is 2. The largest absolute Gasteiger partial charge is 0.396 e. The van der Waals surface area contributed by atoms with Gasteiger partial charge in [0, 0.05) is 18.4 Å². The first kappa shape index (κ1) is 17.5. The summed E-state index contributed by atoms with van der Waals surface area (Å²) >= 11 is 1.71. The van der Waals surface area contributed by atoms with Gasteiger partial charge in [-0.1, -0.05) is 19.1 Å². The van der Waals surface area contributed by atoms with Crippen molar-refractivity contribution in [1.82, 2.24) is 4.72 Å². The molecule has 1 aromatic rings. The molecule has 0 aliphatic heterocycles. The first-order valence-electron chi connectivity index (χ1n) is 6.79. The van der Waals surface area contributed by atoms with E-state index < -0.39 is 10.0 Å². The van der Waals surface area contributed by atoms with Gasteiger partial charge in [0.25, 0.3) is 0 Å². The van der Waals surface area contributed by atoms with Crippen LogP contribution in [0.1, 0.15) is 25.8 Å². The summed E-state index contributed by atoms with van der Waals surface area (Å²) in [5, 5.41) is 8.77. The zero-order valence-corrected chi connectivity index (χ0v) is 13.6. The number of aliphatic hydroxyl groups excluding tert-OH is 1. The van der Waals surface area contributed by atoms with Gasteiger partial charge in [-0.25, -0.2) is 13.1 Å². The topological polar surface area (TPSA) is 66.4 Å². The fourth-order valence-electron chi connectivity index (χ4n) is 1.78. The van der Waals surface area contributed by atoms with Crippen LogP contribution in [0.3, 0.4) is 0 Å². The van der Waals surface area contributed by atoms with E-state index in [0.717, 1.165) is 23.5 Å². The van der Waals surface area contributed by atoms with Crippen LogP contribution in [0.5, 0.6) is 0 Å². The van der Waals surface area contributed by atoms with Crippen LogP contribution in [0.2, 0.25) is 0 Å². The van der Waals surface area contributed by atoms with Gasteiger partial charge in [0.2, 0.25) is 10.0 Å². The van der Waals surface area contributed by atoms with E-state index in [1.54, 1.807) is 36.0 Å². The van der Waals surface area contributed by atoms with E-state index in [-0.39, 0.29) is 12.6 Å². The molecular formula is C14H23NO3S2. The second-order valence-electron chi connectivity index (χ2n) is 4.65. The summed E-state index contributed by atoms with van der Waals surface area (Å²) in [6.07, 6.45) is 1.45. The lowest BCUT2D eigenvalue weighted by Crippen LogP contribution is -2.34. The Morgan fingerprint density at radius 2 is 1.95 bits per heavy atom. The molecule has 114 valence electrons. The van der Waals surface area contributed by atoms with Crippen molar-refractivity contribution in [2.45, 2.75) is 37.6 Å². The first-order valence-corrected chi connectivity index (χ1v) is 9.43. The summed E-state index contributed by atoms with van der Waals surface area (Å²) in [7, 11) is -3.44. The molecule has 1 rings (SSSR count). The summed E-state index contributed by atoms with van der Waals surface area (Å²) in [5.41, 5.74) is 1.03. The third-order valence-corrected chi connectivity index (χ3v) is 5.53. The molecule has 6 heteroatoms. The van der Waals surface area contributed by atoms with Crippen LogP contribution in [-0.2, 0) is 16.4 Å². The zero-order chi connectivity index (χ0) is 15.0. The lowest BCUT2D eigenvalue weighted by Gasteiger charge is -2.13. The van der Waals surface area contributed by atoms with Crippen LogP contribution in [0.15, 0.2) is 29.2 Å². The number of aliphatic hydroxyl groups is 1. The Hall–Kier alpha value is -0.560. The predicted molar refractivity (Wildman–Crippen MR) is 84.6 cm³/mol. The number of benzene rings is 1. The molecule has 0 saturated carbocycles. The average molecular weight is 317 g/mol. The molecule has 0 radical (unpaired) electrons. The Labute approximate surface area is 126 Å². The highest BCUT2D eigenvalue weighted by molar-refractivity contribution is 7.99. The Bertz CT molecular complexity index is 486. The molecular weight excluding hydrogens is 294 g/mol. The molecule has 0 aromatic heterocycles. The molecule has 0 fully saturated rings. The molecule has 1 aromatic carbocycles. The second-order valence-corrected chi connectivity index (χ2v) is 7.69. The Balaban J connectivity index is 2.67. The fraction of sp³-hybridized carbons (Fsp3) is 0.571. The normalized spacial score (nSPS) is 13.3. The lowest BCUT2D eigenvalue weighted by molar-refractivity contribution is 0.288. The minimum Gasteiger partial charge on any atom is -0.396 e. The third-order valence-electron chi connectivity index (χ3n) is 2.79. The van der Waals surface area contributed by atoms with Gasteiger partial charge in [0.15, 0.2) is 0 Å². The Morgan fingerprint density at radius 3 is 2.50 bits per heavy atom. The fourth-order valence-corrected chi connectivity index (χ4v) is 3.80. The van der Waals surface area contributed by atoms with Gasteiger partial charge < -0.3 is 5.11 Å². The molecule has 0 saturated heterocycles. The second kappa shape index (κ2) is 8.67. The zero-order valence-electron chi connectivity index (χ0n) is 12.0. The van der Waals surface area contributed by atoms with E-state index in [2.05, 4.69) is 11.6 Å². The molecule has 1 atom stereocenters. The quantitative estimate of drug-likeness (QED) is 0.731. The van der Waals surface area contributed by atoms with E-state index in [1.165, 1.54) is 0 Å². The Morgan fingerprint density at radius 1 is 1.30 bits per heavy atom. The number of aryl methyl sites for hydroxylation is 1. The number of sulfonamides is 1. The predicted octanol–water partition coefficient (Wildman–Crippen LogP) is 2.03. The van der Waals surface area contributed by atoms with Crippen molar-refractivity contribution in [3.63, 3.8) is 0 Å². The monoisotopic (exact) mass is 317 g/mol. The molecule has 0 heterocycles. The maximum Gasteiger partial charge on any atom is 0.240 e. The van der Waals surface area contributed by atoms with Gasteiger partial charge in [-0.15, -0.1) is 0 Å². The molecule has 0 amide bonds. The van der Waals surface area contributed by atoms with Crippen molar-refractivity contribution in [3.05, 3.63) is 29.8 Å². The maximum absolute atomic E-state index is 12.2. The maximum atomic E-state index is 12.2. The van der Waals surface area contributed by atoms with Crippen LogP contribution in [-0.4, -0.2) is 37.7 Å².